The zero-order valence-electron chi connectivity index (χ0n) is 8.73. The molecule has 0 radical (unpaired) electrons. The molecule has 1 aliphatic rings. The highest BCUT2D eigenvalue weighted by atomic mass is 16.5. The first-order chi connectivity index (χ1) is 7.36. The Morgan fingerprint density at radius 1 is 1.67 bits per heavy atom. The van der Waals surface area contributed by atoms with Crippen LogP contribution in [-0.4, -0.2) is 30.8 Å². The van der Waals surface area contributed by atoms with Crippen LogP contribution >= 0.6 is 0 Å². The molecule has 15 heavy (non-hydrogen) atoms. The predicted octanol–water partition coefficient (Wildman–Crippen LogP) is 0.460. The molecule has 0 aliphatic carbocycles. The first-order valence-corrected chi connectivity index (χ1v) is 5.34. The van der Waals surface area contributed by atoms with Gasteiger partial charge in [-0.2, -0.15) is 0 Å². The van der Waals surface area contributed by atoms with E-state index in [0.29, 0.717) is 0 Å². The highest BCUT2D eigenvalue weighted by Crippen LogP contribution is 2.16. The number of nitrogens with one attached hydrogen (secondary N) is 1. The van der Waals surface area contributed by atoms with E-state index in [-0.39, 0.29) is 12.1 Å². The Hall–Kier alpha value is -0.970. The lowest BCUT2D eigenvalue weighted by Crippen LogP contribution is -2.40. The summed E-state index contributed by atoms with van der Waals surface area (Å²) in [5, 5.41) is 3.30. The van der Waals surface area contributed by atoms with Gasteiger partial charge in [0, 0.05) is 31.5 Å². The summed E-state index contributed by atoms with van der Waals surface area (Å²) < 4.78 is 5.61. The van der Waals surface area contributed by atoms with Gasteiger partial charge in [-0.3, -0.25) is 4.98 Å². The Morgan fingerprint density at radius 2 is 2.60 bits per heavy atom. The summed E-state index contributed by atoms with van der Waals surface area (Å²) in [6, 6.07) is 3.94. The third-order valence-electron chi connectivity index (χ3n) is 2.63. The first kappa shape index (κ1) is 10.5. The van der Waals surface area contributed by atoms with Gasteiger partial charge in [0.1, 0.15) is 0 Å². The maximum Gasteiger partial charge on any atom is 0.0718 e. The molecule has 4 nitrogen and oxygen atoms in total. The number of hydrogen-bond acceptors (Lipinski definition) is 4. The Labute approximate surface area is 89.8 Å². The Bertz CT molecular complexity index is 285. The Balaban J connectivity index is 1.88. The largest absolute Gasteiger partial charge is 0.376 e. The third-order valence-corrected chi connectivity index (χ3v) is 2.63. The van der Waals surface area contributed by atoms with Crippen molar-refractivity contribution < 1.29 is 4.74 Å². The van der Waals surface area contributed by atoms with Crippen molar-refractivity contribution in [3.8, 4) is 0 Å². The molecule has 2 atom stereocenters. The predicted molar refractivity (Wildman–Crippen MR) is 58.4 cm³/mol. The molecule has 0 saturated carbocycles. The molecule has 0 spiro atoms. The van der Waals surface area contributed by atoms with Gasteiger partial charge >= 0.3 is 0 Å². The summed E-state index contributed by atoms with van der Waals surface area (Å²) in [4.78, 5) is 4.06. The van der Waals surface area contributed by atoms with Gasteiger partial charge in [-0.25, -0.2) is 0 Å². The fourth-order valence-electron chi connectivity index (χ4n) is 1.79. The fraction of sp³-hybridized carbons (Fsp3) is 0.545. The normalized spacial score (nSPS) is 23.7. The number of pyridine rings is 1. The van der Waals surface area contributed by atoms with Crippen molar-refractivity contribution in [2.45, 2.75) is 18.6 Å². The van der Waals surface area contributed by atoms with Crippen LogP contribution in [0.4, 0.5) is 0 Å². The summed E-state index contributed by atoms with van der Waals surface area (Å²) in [5.41, 5.74) is 7.15. The quantitative estimate of drug-likeness (QED) is 0.756. The first-order valence-electron chi connectivity index (χ1n) is 5.34. The van der Waals surface area contributed by atoms with E-state index in [2.05, 4.69) is 10.3 Å². The van der Waals surface area contributed by atoms with Gasteiger partial charge in [-0.1, -0.05) is 6.07 Å². The molecule has 3 N–H and O–H groups in total. The minimum atomic E-state index is 0.0172. The maximum atomic E-state index is 6.08. The summed E-state index contributed by atoms with van der Waals surface area (Å²) in [5.74, 6) is 0. The molecule has 0 bridgehead atoms. The number of nitrogens with zero attached hydrogens (tertiary/aromatic N) is 1. The zero-order chi connectivity index (χ0) is 10.5. The molecule has 2 rings (SSSR count). The fourth-order valence-corrected chi connectivity index (χ4v) is 1.79. The maximum absolute atomic E-state index is 6.08. The molecule has 4 heteroatoms. The lowest BCUT2D eigenvalue weighted by atomic mass is 10.0. The number of hydrogen-bond donors (Lipinski definition) is 2. The van der Waals surface area contributed by atoms with Crippen molar-refractivity contribution in [2.75, 3.05) is 19.7 Å². The molecule has 2 heterocycles. The van der Waals surface area contributed by atoms with Crippen molar-refractivity contribution in [3.05, 3.63) is 30.1 Å². The Kier molecular flexibility index (Phi) is 3.66. The van der Waals surface area contributed by atoms with Gasteiger partial charge in [-0.05, 0) is 18.1 Å². The van der Waals surface area contributed by atoms with Crippen LogP contribution in [0.2, 0.25) is 0 Å². The summed E-state index contributed by atoms with van der Waals surface area (Å²) >= 11 is 0. The molecule has 0 amide bonds. The monoisotopic (exact) mass is 207 g/mol. The second-order valence-electron chi connectivity index (χ2n) is 3.83. The van der Waals surface area contributed by atoms with Crippen LogP contribution in [0, 0.1) is 0 Å². The molecule has 2 unspecified atom stereocenters. The lowest BCUT2D eigenvalue weighted by Gasteiger charge is -2.26. The van der Waals surface area contributed by atoms with Crippen LogP contribution in [0.1, 0.15) is 18.0 Å². The number of morpholine rings is 1. The molecule has 1 saturated heterocycles. The molecule has 82 valence electrons. The van der Waals surface area contributed by atoms with Crippen LogP contribution in [-0.2, 0) is 4.74 Å². The van der Waals surface area contributed by atoms with Crippen molar-refractivity contribution >= 4 is 0 Å². The van der Waals surface area contributed by atoms with Crippen molar-refractivity contribution in [1.82, 2.24) is 10.3 Å². The van der Waals surface area contributed by atoms with Crippen LogP contribution in [0.25, 0.3) is 0 Å². The van der Waals surface area contributed by atoms with Gasteiger partial charge in [0.2, 0.25) is 0 Å². The molecule has 1 aliphatic heterocycles. The smallest absolute Gasteiger partial charge is 0.0718 e. The minimum absolute atomic E-state index is 0.0172. The number of rotatable bonds is 3. The molecule has 1 fully saturated rings. The molecular weight excluding hydrogens is 190 g/mol. The zero-order valence-corrected chi connectivity index (χ0v) is 8.73. The van der Waals surface area contributed by atoms with Gasteiger partial charge in [0.15, 0.2) is 0 Å². The van der Waals surface area contributed by atoms with E-state index in [1.807, 2.05) is 18.3 Å². The average molecular weight is 207 g/mol. The van der Waals surface area contributed by atoms with Crippen molar-refractivity contribution in [2.24, 2.45) is 5.73 Å². The Morgan fingerprint density at radius 3 is 3.27 bits per heavy atom. The van der Waals surface area contributed by atoms with E-state index < -0.39 is 0 Å². The highest BCUT2D eigenvalue weighted by Gasteiger charge is 2.17. The highest BCUT2D eigenvalue weighted by molar-refractivity contribution is 5.13. The molecule has 0 aromatic carbocycles. The van der Waals surface area contributed by atoms with E-state index in [9.17, 15) is 0 Å². The van der Waals surface area contributed by atoms with Gasteiger partial charge in [0.25, 0.3) is 0 Å². The minimum Gasteiger partial charge on any atom is -0.376 e. The molecule has 1 aromatic rings. The van der Waals surface area contributed by atoms with Crippen molar-refractivity contribution in [3.63, 3.8) is 0 Å². The van der Waals surface area contributed by atoms with Crippen LogP contribution in [0.5, 0.6) is 0 Å². The number of aromatic nitrogens is 1. The van der Waals surface area contributed by atoms with Crippen molar-refractivity contribution in [1.29, 1.82) is 0 Å². The summed E-state index contributed by atoms with van der Waals surface area (Å²) in [6.07, 6.45) is 4.66. The molecular formula is C11H17N3O. The molecule has 1 aromatic heterocycles. The van der Waals surface area contributed by atoms with Crippen LogP contribution < -0.4 is 11.1 Å². The van der Waals surface area contributed by atoms with E-state index >= 15 is 0 Å². The number of ether oxygens (including phenoxy) is 1. The van der Waals surface area contributed by atoms with E-state index in [1.54, 1.807) is 6.20 Å². The summed E-state index contributed by atoms with van der Waals surface area (Å²) in [6.45, 7) is 2.62. The average Bonchev–Trinajstić information content (AvgIpc) is 2.31. The van der Waals surface area contributed by atoms with Crippen LogP contribution in [0.15, 0.2) is 24.5 Å². The van der Waals surface area contributed by atoms with Gasteiger partial charge < -0.3 is 15.8 Å². The SMILES string of the molecule is NC(CC1CNCCO1)c1cccnc1. The van der Waals surface area contributed by atoms with E-state index in [1.165, 1.54) is 0 Å². The second-order valence-corrected chi connectivity index (χ2v) is 3.83. The standard InChI is InChI=1S/C11H17N3O/c12-11(9-2-1-3-13-7-9)6-10-8-14-4-5-15-10/h1-3,7,10-11,14H,4-6,8,12H2. The van der Waals surface area contributed by atoms with Gasteiger partial charge in [-0.15, -0.1) is 0 Å². The van der Waals surface area contributed by atoms with Crippen LogP contribution in [0.3, 0.4) is 0 Å². The third kappa shape index (κ3) is 2.99. The second kappa shape index (κ2) is 5.21. The lowest BCUT2D eigenvalue weighted by molar-refractivity contribution is 0.0195. The number of nitrogens with two attached hydrogens (primary N) is 1. The van der Waals surface area contributed by atoms with E-state index in [4.69, 9.17) is 10.5 Å². The van der Waals surface area contributed by atoms with E-state index in [0.717, 1.165) is 31.7 Å². The summed E-state index contributed by atoms with van der Waals surface area (Å²) in [7, 11) is 0. The van der Waals surface area contributed by atoms with Gasteiger partial charge in [0.05, 0.1) is 12.7 Å². The topological polar surface area (TPSA) is 60.2 Å².